The van der Waals surface area contributed by atoms with Crippen LogP contribution in [-0.4, -0.2) is 37.6 Å². The fourth-order valence-electron chi connectivity index (χ4n) is 1.40. The quantitative estimate of drug-likeness (QED) is 0.693. The maximum Gasteiger partial charge on any atom is 0.116 e. The second-order valence-electron chi connectivity index (χ2n) is 4.28. The van der Waals surface area contributed by atoms with Gasteiger partial charge in [0.1, 0.15) is 5.54 Å². The Balaban J connectivity index is 4.03. The van der Waals surface area contributed by atoms with E-state index >= 15 is 0 Å². The second-order valence-corrected chi connectivity index (χ2v) is 4.28. The summed E-state index contributed by atoms with van der Waals surface area (Å²) in [6.45, 7) is 8.07. The Hall–Kier alpha value is -0.590. The molecule has 0 radical (unpaired) electrons. The van der Waals surface area contributed by atoms with Crippen molar-refractivity contribution in [2.75, 3.05) is 27.2 Å². The third-order valence-corrected chi connectivity index (χ3v) is 2.06. The summed E-state index contributed by atoms with van der Waals surface area (Å²) in [4.78, 5) is 2.18. The molecule has 3 nitrogen and oxygen atoms in total. The molecule has 0 saturated carbocycles. The third-order valence-electron chi connectivity index (χ3n) is 2.06. The van der Waals surface area contributed by atoms with E-state index in [1.807, 2.05) is 21.0 Å². The highest BCUT2D eigenvalue weighted by molar-refractivity contribution is 5.04. The minimum atomic E-state index is -0.427. The van der Waals surface area contributed by atoms with Gasteiger partial charge in [0.15, 0.2) is 0 Å². The number of nitrogens with one attached hydrogen (secondary N) is 1. The lowest BCUT2D eigenvalue weighted by Crippen LogP contribution is -2.48. The monoisotopic (exact) mass is 183 g/mol. The lowest BCUT2D eigenvalue weighted by molar-refractivity contribution is 0.244. The van der Waals surface area contributed by atoms with E-state index in [-0.39, 0.29) is 0 Å². The van der Waals surface area contributed by atoms with Gasteiger partial charge in [0, 0.05) is 13.1 Å². The summed E-state index contributed by atoms with van der Waals surface area (Å²) in [5.41, 5.74) is -0.427. The number of hydrogen-bond acceptors (Lipinski definition) is 3. The van der Waals surface area contributed by atoms with E-state index in [0.29, 0.717) is 5.92 Å². The zero-order valence-electron chi connectivity index (χ0n) is 9.39. The van der Waals surface area contributed by atoms with Crippen LogP contribution in [0.2, 0.25) is 0 Å². The van der Waals surface area contributed by atoms with Crippen LogP contribution in [0.25, 0.3) is 0 Å². The van der Waals surface area contributed by atoms with Gasteiger partial charge in [0.25, 0.3) is 0 Å². The highest BCUT2D eigenvalue weighted by atomic mass is 15.1. The van der Waals surface area contributed by atoms with Gasteiger partial charge in [-0.3, -0.25) is 0 Å². The Morgan fingerprint density at radius 2 is 2.08 bits per heavy atom. The van der Waals surface area contributed by atoms with Gasteiger partial charge < -0.3 is 10.2 Å². The van der Waals surface area contributed by atoms with Gasteiger partial charge in [-0.25, -0.2) is 0 Å². The van der Waals surface area contributed by atoms with Crippen molar-refractivity contribution >= 4 is 0 Å². The van der Waals surface area contributed by atoms with Crippen LogP contribution in [0.4, 0.5) is 0 Å². The Labute approximate surface area is 81.7 Å². The highest BCUT2D eigenvalue weighted by Crippen LogP contribution is 2.05. The summed E-state index contributed by atoms with van der Waals surface area (Å²) >= 11 is 0. The van der Waals surface area contributed by atoms with E-state index < -0.39 is 5.54 Å². The summed E-state index contributed by atoms with van der Waals surface area (Å²) in [5.74, 6) is 0.643. The number of nitriles is 1. The number of hydrogen-bond donors (Lipinski definition) is 1. The number of likely N-dealkylation sites (N-methyl/N-ethyl adjacent to an activating group) is 2. The van der Waals surface area contributed by atoms with E-state index in [1.165, 1.54) is 0 Å². The molecule has 0 aromatic heterocycles. The first-order valence-electron chi connectivity index (χ1n) is 4.72. The van der Waals surface area contributed by atoms with Crippen LogP contribution in [0.1, 0.15) is 20.8 Å². The Bertz CT molecular complexity index is 183. The maximum absolute atomic E-state index is 8.93. The van der Waals surface area contributed by atoms with Crippen molar-refractivity contribution in [3.8, 4) is 6.07 Å². The van der Waals surface area contributed by atoms with Crippen LogP contribution >= 0.6 is 0 Å². The summed E-state index contributed by atoms with van der Waals surface area (Å²) in [7, 11) is 3.87. The SMILES string of the molecule is CNC(C)(C#N)CN(C)CC(C)C. The van der Waals surface area contributed by atoms with Gasteiger partial charge in [-0.1, -0.05) is 13.8 Å². The molecule has 13 heavy (non-hydrogen) atoms. The lowest BCUT2D eigenvalue weighted by Gasteiger charge is -2.28. The average molecular weight is 183 g/mol. The summed E-state index contributed by atoms with van der Waals surface area (Å²) in [5, 5.41) is 12.0. The average Bonchev–Trinajstić information content (AvgIpc) is 2.02. The normalized spacial score (nSPS) is 15.8. The molecule has 76 valence electrons. The largest absolute Gasteiger partial charge is 0.303 e. The molecule has 0 saturated heterocycles. The van der Waals surface area contributed by atoms with E-state index in [2.05, 4.69) is 30.1 Å². The van der Waals surface area contributed by atoms with Gasteiger partial charge in [-0.2, -0.15) is 5.26 Å². The van der Waals surface area contributed by atoms with Crippen molar-refractivity contribution in [2.45, 2.75) is 26.3 Å². The molecule has 0 spiro atoms. The summed E-state index contributed by atoms with van der Waals surface area (Å²) in [6.07, 6.45) is 0. The Kier molecular flexibility index (Phi) is 4.97. The van der Waals surface area contributed by atoms with Crippen LogP contribution in [-0.2, 0) is 0 Å². The van der Waals surface area contributed by atoms with Gasteiger partial charge in [0.05, 0.1) is 6.07 Å². The van der Waals surface area contributed by atoms with Crippen molar-refractivity contribution in [3.05, 3.63) is 0 Å². The van der Waals surface area contributed by atoms with E-state index in [1.54, 1.807) is 0 Å². The van der Waals surface area contributed by atoms with E-state index in [4.69, 9.17) is 5.26 Å². The van der Waals surface area contributed by atoms with Gasteiger partial charge in [0.2, 0.25) is 0 Å². The van der Waals surface area contributed by atoms with Crippen LogP contribution in [0.3, 0.4) is 0 Å². The van der Waals surface area contributed by atoms with Crippen molar-refractivity contribution in [1.29, 1.82) is 5.26 Å². The molecule has 0 amide bonds. The first kappa shape index (κ1) is 12.4. The first-order chi connectivity index (χ1) is 5.93. The van der Waals surface area contributed by atoms with E-state index in [9.17, 15) is 0 Å². The van der Waals surface area contributed by atoms with Crippen LogP contribution in [0.5, 0.6) is 0 Å². The predicted molar refractivity (Wildman–Crippen MR) is 55.4 cm³/mol. The molecule has 0 heterocycles. The molecule has 0 aliphatic carbocycles. The topological polar surface area (TPSA) is 39.1 Å². The molecular weight excluding hydrogens is 162 g/mol. The molecule has 0 aromatic rings. The summed E-state index contributed by atoms with van der Waals surface area (Å²) < 4.78 is 0. The Morgan fingerprint density at radius 3 is 2.38 bits per heavy atom. The van der Waals surface area contributed by atoms with Gasteiger partial charge >= 0.3 is 0 Å². The molecule has 0 aromatic carbocycles. The zero-order valence-corrected chi connectivity index (χ0v) is 9.39. The standard InChI is InChI=1S/C10H21N3/c1-9(2)6-13(5)8-10(3,7-11)12-4/h9,12H,6,8H2,1-5H3. The van der Waals surface area contributed by atoms with Crippen molar-refractivity contribution in [1.82, 2.24) is 10.2 Å². The fourth-order valence-corrected chi connectivity index (χ4v) is 1.40. The zero-order chi connectivity index (χ0) is 10.5. The second kappa shape index (κ2) is 5.21. The molecule has 0 aliphatic heterocycles. The Morgan fingerprint density at radius 1 is 1.54 bits per heavy atom. The molecule has 0 aliphatic rings. The highest BCUT2D eigenvalue weighted by Gasteiger charge is 2.23. The molecule has 0 rings (SSSR count). The maximum atomic E-state index is 8.93. The summed E-state index contributed by atoms with van der Waals surface area (Å²) in [6, 6.07) is 2.28. The first-order valence-corrected chi connectivity index (χ1v) is 4.72. The van der Waals surface area contributed by atoms with Gasteiger partial charge in [-0.05, 0) is 26.9 Å². The minimum Gasteiger partial charge on any atom is -0.303 e. The van der Waals surface area contributed by atoms with Crippen molar-refractivity contribution in [3.63, 3.8) is 0 Å². The molecular formula is C10H21N3. The number of rotatable bonds is 5. The fraction of sp³-hybridized carbons (Fsp3) is 0.900. The molecule has 0 fully saturated rings. The molecule has 3 heteroatoms. The predicted octanol–water partition coefficient (Wildman–Crippen LogP) is 1.08. The molecule has 1 N–H and O–H groups in total. The lowest BCUT2D eigenvalue weighted by atomic mass is 10.0. The molecule has 0 bridgehead atoms. The van der Waals surface area contributed by atoms with Crippen LogP contribution < -0.4 is 5.32 Å². The van der Waals surface area contributed by atoms with E-state index in [0.717, 1.165) is 13.1 Å². The smallest absolute Gasteiger partial charge is 0.116 e. The van der Waals surface area contributed by atoms with Gasteiger partial charge in [-0.15, -0.1) is 0 Å². The molecule has 1 unspecified atom stereocenters. The third kappa shape index (κ3) is 4.87. The minimum absolute atomic E-state index is 0.427. The van der Waals surface area contributed by atoms with Crippen LogP contribution in [0.15, 0.2) is 0 Å². The number of nitrogens with zero attached hydrogens (tertiary/aromatic N) is 2. The van der Waals surface area contributed by atoms with Crippen molar-refractivity contribution < 1.29 is 0 Å². The van der Waals surface area contributed by atoms with Crippen molar-refractivity contribution in [2.24, 2.45) is 5.92 Å². The molecule has 1 atom stereocenters. The van der Waals surface area contributed by atoms with Crippen LogP contribution in [0, 0.1) is 17.2 Å².